The summed E-state index contributed by atoms with van der Waals surface area (Å²) in [5.41, 5.74) is 2.03. The lowest BCUT2D eigenvalue weighted by Gasteiger charge is -2.07. The maximum atomic E-state index is 12.6. The van der Waals surface area contributed by atoms with E-state index < -0.39 is 10.0 Å². The second-order valence-corrected chi connectivity index (χ2v) is 7.63. The fraction of sp³-hybridized carbons (Fsp3) is 0.0556. The van der Waals surface area contributed by atoms with Gasteiger partial charge in [0.05, 0.1) is 10.6 Å². The van der Waals surface area contributed by atoms with Gasteiger partial charge in [0.2, 0.25) is 0 Å². The molecule has 0 radical (unpaired) electrons. The highest BCUT2D eigenvalue weighted by Crippen LogP contribution is 2.26. The molecule has 0 spiro atoms. The first-order chi connectivity index (χ1) is 11.9. The number of hydrogen-bond donors (Lipinski definition) is 1. The number of nitrogens with zero attached hydrogens (tertiary/aromatic N) is 2. The van der Waals surface area contributed by atoms with Crippen molar-refractivity contribution in [1.29, 1.82) is 0 Å². The van der Waals surface area contributed by atoms with E-state index in [1.807, 2.05) is 6.07 Å². The highest BCUT2D eigenvalue weighted by molar-refractivity contribution is 7.92. The number of rotatable bonds is 5. The van der Waals surface area contributed by atoms with Crippen LogP contribution in [-0.2, 0) is 10.0 Å². The molecule has 1 N–H and O–H groups in total. The monoisotopic (exact) mass is 373 g/mol. The van der Waals surface area contributed by atoms with Gasteiger partial charge in [-0.05, 0) is 42.8 Å². The first-order valence-corrected chi connectivity index (χ1v) is 9.32. The molecule has 0 fully saturated rings. The molecular weight excluding hydrogens is 358 g/mol. The molecule has 0 atom stereocenters. The fourth-order valence-corrected chi connectivity index (χ4v) is 3.52. The summed E-state index contributed by atoms with van der Waals surface area (Å²) in [5, 5.41) is 4.93. The van der Waals surface area contributed by atoms with Crippen molar-refractivity contribution < 1.29 is 8.42 Å². The Balaban J connectivity index is 2.03. The topological polar surface area (TPSA) is 64.0 Å². The summed E-state index contributed by atoms with van der Waals surface area (Å²) in [4.78, 5) is 0.167. The lowest BCUT2D eigenvalue weighted by atomic mass is 10.2. The van der Waals surface area contributed by atoms with E-state index in [-0.39, 0.29) is 10.7 Å². The van der Waals surface area contributed by atoms with E-state index in [1.54, 1.807) is 54.2 Å². The summed E-state index contributed by atoms with van der Waals surface area (Å²) >= 11 is 6.02. The van der Waals surface area contributed by atoms with Crippen molar-refractivity contribution in [3.05, 3.63) is 78.0 Å². The van der Waals surface area contributed by atoms with Gasteiger partial charge in [-0.2, -0.15) is 0 Å². The number of halogens is 1. The van der Waals surface area contributed by atoms with Crippen LogP contribution in [0.1, 0.15) is 12.5 Å². The number of allylic oxidation sites excluding steroid dienone is 1. The molecule has 25 heavy (non-hydrogen) atoms. The molecule has 0 amide bonds. The van der Waals surface area contributed by atoms with E-state index >= 15 is 0 Å². The SMILES string of the molecule is C=C(C)c1cn(-c2cccc(Cl)c2)nc1NS(=O)(=O)c1ccccc1. The molecule has 0 aliphatic rings. The third-order valence-electron chi connectivity index (χ3n) is 3.53. The third-order valence-corrected chi connectivity index (χ3v) is 5.12. The van der Waals surface area contributed by atoms with Crippen LogP contribution in [0.3, 0.4) is 0 Å². The number of benzene rings is 2. The third kappa shape index (κ3) is 3.75. The second kappa shape index (κ2) is 6.74. The molecular formula is C18H16ClN3O2S. The zero-order valence-electron chi connectivity index (χ0n) is 13.5. The number of sulfonamides is 1. The number of anilines is 1. The average molecular weight is 374 g/mol. The molecule has 5 nitrogen and oxygen atoms in total. The first kappa shape index (κ1) is 17.3. The first-order valence-electron chi connectivity index (χ1n) is 7.46. The molecule has 3 aromatic rings. The Morgan fingerprint density at radius 1 is 1.16 bits per heavy atom. The zero-order chi connectivity index (χ0) is 18.0. The quantitative estimate of drug-likeness (QED) is 0.722. The van der Waals surface area contributed by atoms with Crippen LogP contribution in [0.15, 0.2) is 72.3 Å². The van der Waals surface area contributed by atoms with Crippen molar-refractivity contribution in [3.8, 4) is 5.69 Å². The van der Waals surface area contributed by atoms with Gasteiger partial charge in [0.15, 0.2) is 5.82 Å². The van der Waals surface area contributed by atoms with E-state index in [0.29, 0.717) is 16.2 Å². The second-order valence-electron chi connectivity index (χ2n) is 5.51. The summed E-state index contributed by atoms with van der Waals surface area (Å²) < 4.78 is 29.2. The van der Waals surface area contributed by atoms with E-state index in [0.717, 1.165) is 5.69 Å². The highest BCUT2D eigenvalue weighted by Gasteiger charge is 2.19. The van der Waals surface area contributed by atoms with Gasteiger partial charge in [-0.25, -0.2) is 13.1 Å². The lowest BCUT2D eigenvalue weighted by Crippen LogP contribution is -2.14. The summed E-state index contributed by atoms with van der Waals surface area (Å²) in [6.07, 6.45) is 1.72. The maximum absolute atomic E-state index is 12.6. The molecule has 2 aromatic carbocycles. The summed E-state index contributed by atoms with van der Waals surface area (Å²) in [6.45, 7) is 5.69. The van der Waals surface area contributed by atoms with Gasteiger partial charge in [-0.3, -0.25) is 4.72 Å². The lowest BCUT2D eigenvalue weighted by molar-refractivity contribution is 0.601. The van der Waals surface area contributed by atoms with E-state index in [1.165, 1.54) is 12.1 Å². The Morgan fingerprint density at radius 3 is 2.52 bits per heavy atom. The predicted molar refractivity (Wildman–Crippen MR) is 101 cm³/mol. The van der Waals surface area contributed by atoms with Gasteiger partial charge in [-0.1, -0.05) is 42.4 Å². The molecule has 7 heteroatoms. The minimum atomic E-state index is -3.74. The van der Waals surface area contributed by atoms with Gasteiger partial charge in [0, 0.05) is 16.8 Å². The van der Waals surface area contributed by atoms with Crippen LogP contribution in [0.2, 0.25) is 5.02 Å². The van der Waals surface area contributed by atoms with Gasteiger partial charge >= 0.3 is 0 Å². The Hall–Kier alpha value is -2.57. The molecule has 0 saturated heterocycles. The molecule has 0 unspecified atom stereocenters. The van der Waals surface area contributed by atoms with E-state index in [2.05, 4.69) is 16.4 Å². The minimum Gasteiger partial charge on any atom is -0.261 e. The summed E-state index contributed by atoms with van der Waals surface area (Å²) in [7, 11) is -3.74. The Bertz CT molecular complexity index is 1030. The summed E-state index contributed by atoms with van der Waals surface area (Å²) in [5.74, 6) is 0.219. The largest absolute Gasteiger partial charge is 0.263 e. The number of aromatic nitrogens is 2. The van der Waals surface area contributed by atoms with Gasteiger partial charge in [0.1, 0.15) is 0 Å². The van der Waals surface area contributed by atoms with Crippen molar-refractivity contribution in [2.75, 3.05) is 4.72 Å². The van der Waals surface area contributed by atoms with Crippen LogP contribution in [0.25, 0.3) is 11.3 Å². The Morgan fingerprint density at radius 2 is 1.88 bits per heavy atom. The van der Waals surface area contributed by atoms with Crippen molar-refractivity contribution in [2.24, 2.45) is 0 Å². The minimum absolute atomic E-state index is 0.167. The average Bonchev–Trinajstić information content (AvgIpc) is 2.99. The van der Waals surface area contributed by atoms with Crippen LogP contribution in [-0.4, -0.2) is 18.2 Å². The highest BCUT2D eigenvalue weighted by atomic mass is 35.5. The zero-order valence-corrected chi connectivity index (χ0v) is 15.1. The molecule has 0 aliphatic carbocycles. The van der Waals surface area contributed by atoms with E-state index in [9.17, 15) is 8.42 Å². The molecule has 1 heterocycles. The molecule has 1 aromatic heterocycles. The van der Waals surface area contributed by atoms with Gasteiger partial charge < -0.3 is 0 Å². The number of hydrogen-bond acceptors (Lipinski definition) is 3. The molecule has 0 bridgehead atoms. The van der Waals surface area contributed by atoms with Crippen LogP contribution in [0.4, 0.5) is 5.82 Å². The van der Waals surface area contributed by atoms with Crippen LogP contribution in [0, 0.1) is 0 Å². The standard InChI is InChI=1S/C18H16ClN3O2S/c1-13(2)17-12-22(15-8-6-7-14(19)11-15)20-18(17)21-25(23,24)16-9-4-3-5-10-16/h3-12H,1H2,2H3,(H,20,21). The van der Waals surface area contributed by atoms with Crippen LogP contribution in [0.5, 0.6) is 0 Å². The molecule has 0 saturated carbocycles. The van der Waals surface area contributed by atoms with Crippen LogP contribution < -0.4 is 4.72 Å². The fourth-order valence-electron chi connectivity index (χ4n) is 2.30. The smallest absolute Gasteiger partial charge is 0.261 e. The molecule has 3 rings (SSSR count). The van der Waals surface area contributed by atoms with Gasteiger partial charge in [0.25, 0.3) is 10.0 Å². The van der Waals surface area contributed by atoms with Crippen molar-refractivity contribution in [3.63, 3.8) is 0 Å². The Kier molecular flexibility index (Phi) is 4.65. The predicted octanol–water partition coefficient (Wildman–Crippen LogP) is 4.36. The van der Waals surface area contributed by atoms with Crippen molar-refractivity contribution >= 4 is 33.0 Å². The number of nitrogens with one attached hydrogen (secondary N) is 1. The normalized spacial score (nSPS) is 11.3. The molecule has 128 valence electrons. The van der Waals surface area contributed by atoms with Crippen molar-refractivity contribution in [1.82, 2.24) is 9.78 Å². The van der Waals surface area contributed by atoms with Crippen molar-refractivity contribution in [2.45, 2.75) is 11.8 Å². The van der Waals surface area contributed by atoms with E-state index in [4.69, 9.17) is 11.6 Å². The van der Waals surface area contributed by atoms with Crippen LogP contribution >= 0.6 is 11.6 Å². The maximum Gasteiger partial charge on any atom is 0.263 e. The Labute approximate surface area is 151 Å². The molecule has 0 aliphatic heterocycles. The summed E-state index contributed by atoms with van der Waals surface area (Å²) in [6, 6.07) is 15.3. The van der Waals surface area contributed by atoms with Gasteiger partial charge in [-0.15, -0.1) is 5.10 Å².